The predicted octanol–water partition coefficient (Wildman–Crippen LogP) is 5.37. The van der Waals surface area contributed by atoms with Crippen molar-refractivity contribution in [3.05, 3.63) is 53.5 Å². The monoisotopic (exact) mass is 572 g/mol. The molecule has 2 saturated heterocycles. The van der Waals surface area contributed by atoms with Gasteiger partial charge in [-0.15, -0.1) is 11.3 Å². The van der Waals surface area contributed by atoms with Gasteiger partial charge in [0, 0.05) is 72.2 Å². The quantitative estimate of drug-likeness (QED) is 0.307. The molecule has 41 heavy (non-hydrogen) atoms. The molecule has 9 nitrogen and oxygen atoms in total. The number of nitrogens with one attached hydrogen (secondary N) is 2. The second-order valence-electron chi connectivity index (χ2n) is 11.3. The van der Waals surface area contributed by atoms with Gasteiger partial charge in [-0.05, 0) is 54.7 Å². The van der Waals surface area contributed by atoms with Gasteiger partial charge in [-0.3, -0.25) is 9.59 Å². The van der Waals surface area contributed by atoms with Crippen LogP contribution in [0.1, 0.15) is 36.4 Å². The molecular formula is C31H36N6O3S. The molecule has 4 aromatic rings. The van der Waals surface area contributed by atoms with Crippen LogP contribution >= 0.6 is 11.3 Å². The van der Waals surface area contributed by atoms with Gasteiger partial charge < -0.3 is 25.2 Å². The zero-order valence-corrected chi connectivity index (χ0v) is 24.4. The number of piperidine rings is 1. The summed E-state index contributed by atoms with van der Waals surface area (Å²) in [5.41, 5.74) is 2.30. The number of carbonyl (C=O) groups excluding carboxylic acids is 2. The van der Waals surface area contributed by atoms with E-state index >= 15 is 0 Å². The molecule has 10 heteroatoms. The average molecular weight is 573 g/mol. The van der Waals surface area contributed by atoms with E-state index in [0.29, 0.717) is 55.4 Å². The third kappa shape index (κ3) is 6.50. The Kier molecular flexibility index (Phi) is 8.13. The number of carbonyl (C=O) groups is 2. The first kappa shape index (κ1) is 27.6. The van der Waals surface area contributed by atoms with E-state index in [0.717, 1.165) is 52.0 Å². The summed E-state index contributed by atoms with van der Waals surface area (Å²) in [6, 6.07) is 13.5. The molecule has 2 unspecified atom stereocenters. The topological polar surface area (TPSA) is 99.7 Å². The summed E-state index contributed by atoms with van der Waals surface area (Å²) in [5, 5.41) is 8.16. The maximum Gasteiger partial charge on any atom is 0.264 e. The van der Waals surface area contributed by atoms with Crippen molar-refractivity contribution in [3.8, 4) is 0 Å². The number of fused-ring (bicyclic) bond motifs is 3. The lowest BCUT2D eigenvalue weighted by Gasteiger charge is -2.34. The van der Waals surface area contributed by atoms with Crippen molar-refractivity contribution in [1.29, 1.82) is 0 Å². The number of thiophene rings is 1. The molecular weight excluding hydrogens is 536 g/mol. The van der Waals surface area contributed by atoms with E-state index in [1.165, 1.54) is 17.8 Å². The summed E-state index contributed by atoms with van der Waals surface area (Å²) < 4.78 is 6.40. The van der Waals surface area contributed by atoms with E-state index in [-0.39, 0.29) is 11.8 Å². The molecule has 0 aliphatic carbocycles. The molecule has 0 spiro atoms. The molecule has 2 amide bonds. The van der Waals surface area contributed by atoms with Crippen LogP contribution in [0.25, 0.3) is 21.0 Å². The van der Waals surface area contributed by atoms with Gasteiger partial charge >= 0.3 is 0 Å². The van der Waals surface area contributed by atoms with Crippen LogP contribution in [-0.2, 0) is 9.53 Å². The smallest absolute Gasteiger partial charge is 0.264 e. The first-order valence-electron chi connectivity index (χ1n) is 14.4. The summed E-state index contributed by atoms with van der Waals surface area (Å²) in [6.45, 7) is 9.84. The van der Waals surface area contributed by atoms with Crippen molar-refractivity contribution in [2.75, 3.05) is 56.6 Å². The van der Waals surface area contributed by atoms with Crippen LogP contribution in [0, 0.1) is 11.8 Å². The molecule has 0 bridgehead atoms. The maximum absolute atomic E-state index is 13.1. The number of aromatic nitrogens is 2. The highest BCUT2D eigenvalue weighted by molar-refractivity contribution is 7.21. The molecule has 2 N–H and O–H groups in total. The molecule has 6 rings (SSSR count). The molecule has 2 fully saturated rings. The van der Waals surface area contributed by atoms with E-state index < -0.39 is 0 Å². The molecule has 4 heterocycles. The van der Waals surface area contributed by atoms with E-state index in [1.807, 2.05) is 47.4 Å². The lowest BCUT2D eigenvalue weighted by Crippen LogP contribution is -2.40. The third-order valence-electron chi connectivity index (χ3n) is 7.76. The Bertz CT molecular complexity index is 1560. The van der Waals surface area contributed by atoms with Crippen LogP contribution in [0.5, 0.6) is 0 Å². The summed E-state index contributed by atoms with van der Waals surface area (Å²) in [5.74, 6) is 1.86. The normalized spacial score (nSPS) is 19.9. The molecule has 2 atom stereocenters. The molecule has 2 aliphatic heterocycles. The highest BCUT2D eigenvalue weighted by Gasteiger charge is 2.23. The zero-order valence-electron chi connectivity index (χ0n) is 23.6. The van der Waals surface area contributed by atoms with Gasteiger partial charge in [0.15, 0.2) is 0 Å². The predicted molar refractivity (Wildman–Crippen MR) is 164 cm³/mol. The van der Waals surface area contributed by atoms with Gasteiger partial charge in [0.2, 0.25) is 11.9 Å². The highest BCUT2D eigenvalue weighted by Crippen LogP contribution is 2.32. The first-order chi connectivity index (χ1) is 19.9. The fourth-order valence-electron chi connectivity index (χ4n) is 5.96. The van der Waals surface area contributed by atoms with E-state index in [1.54, 1.807) is 6.20 Å². The van der Waals surface area contributed by atoms with Gasteiger partial charge in [-0.2, -0.15) is 0 Å². The molecule has 2 aromatic heterocycles. The number of rotatable bonds is 7. The van der Waals surface area contributed by atoms with Gasteiger partial charge in [0.1, 0.15) is 0 Å². The summed E-state index contributed by atoms with van der Waals surface area (Å²) in [6.07, 6.45) is 3.52. The lowest BCUT2D eigenvalue weighted by molar-refractivity contribution is -0.116. The van der Waals surface area contributed by atoms with Crippen molar-refractivity contribution >= 4 is 61.5 Å². The highest BCUT2D eigenvalue weighted by atomic mass is 32.1. The zero-order chi connectivity index (χ0) is 28.3. The number of hydrogen-bond acceptors (Lipinski definition) is 8. The van der Waals surface area contributed by atoms with Gasteiger partial charge in [-0.25, -0.2) is 9.97 Å². The average Bonchev–Trinajstić information content (AvgIpc) is 3.41. The third-order valence-corrected chi connectivity index (χ3v) is 8.85. The molecule has 0 radical (unpaired) electrons. The minimum absolute atomic E-state index is 0.0114. The fourth-order valence-corrected chi connectivity index (χ4v) is 6.99. The van der Waals surface area contributed by atoms with Crippen LogP contribution in [0.3, 0.4) is 0 Å². The summed E-state index contributed by atoms with van der Waals surface area (Å²) in [4.78, 5) is 40.0. The number of anilines is 3. The van der Waals surface area contributed by atoms with Gasteiger partial charge in [-0.1, -0.05) is 19.9 Å². The van der Waals surface area contributed by atoms with Crippen molar-refractivity contribution in [1.82, 2.24) is 19.8 Å². The maximum atomic E-state index is 13.1. The second kappa shape index (κ2) is 12.1. The molecule has 0 saturated carbocycles. The molecule has 2 aliphatic rings. The van der Waals surface area contributed by atoms with E-state index in [2.05, 4.69) is 34.4 Å². The first-order valence-corrected chi connectivity index (χ1v) is 15.2. The summed E-state index contributed by atoms with van der Waals surface area (Å²) >= 11 is 1.49. The van der Waals surface area contributed by atoms with E-state index in [4.69, 9.17) is 9.72 Å². The number of benzene rings is 2. The minimum Gasteiger partial charge on any atom is -0.378 e. The Morgan fingerprint density at radius 1 is 1.05 bits per heavy atom. The molecule has 2 aromatic carbocycles. The Balaban J connectivity index is 1.14. The largest absolute Gasteiger partial charge is 0.378 e. The Labute approximate surface area is 243 Å². The van der Waals surface area contributed by atoms with Crippen LogP contribution in [0.4, 0.5) is 17.3 Å². The van der Waals surface area contributed by atoms with Crippen LogP contribution in [-0.4, -0.2) is 77.5 Å². The second-order valence-corrected chi connectivity index (χ2v) is 12.4. The lowest BCUT2D eigenvalue weighted by atomic mass is 9.92. The fraction of sp³-hybridized carbons (Fsp3) is 0.419. The van der Waals surface area contributed by atoms with Crippen molar-refractivity contribution in [3.63, 3.8) is 0 Å². The Hall–Kier alpha value is -3.60. The van der Waals surface area contributed by atoms with Crippen LogP contribution in [0.15, 0.2) is 48.7 Å². The number of hydrogen-bond donors (Lipinski definition) is 2. The Morgan fingerprint density at radius 3 is 2.63 bits per heavy atom. The number of ether oxygens (including phenoxy) is 1. The number of nitrogens with zero attached hydrogens (tertiary/aromatic N) is 4. The van der Waals surface area contributed by atoms with Crippen molar-refractivity contribution in [2.24, 2.45) is 11.8 Å². The van der Waals surface area contributed by atoms with E-state index in [9.17, 15) is 9.59 Å². The standard InChI is InChI=1S/C31H36N6O3S/c1-20-14-21(2)19-36(18-20)9-8-28(38)33-23-4-3-5-24(15-23)34-31-32-17-22-6-7-26-25(29(22)35-31)16-27(41-26)30(39)37-10-12-40-13-11-37/h3-7,15-17,20-21H,8-14,18-19H2,1-2H3,(H,33,38)(H,32,34,35). The number of amides is 2. The number of likely N-dealkylation sites (tertiary alicyclic amines) is 1. The van der Waals surface area contributed by atoms with Crippen LogP contribution < -0.4 is 10.6 Å². The summed E-state index contributed by atoms with van der Waals surface area (Å²) in [7, 11) is 0. The minimum atomic E-state index is 0.0114. The Morgan fingerprint density at radius 2 is 1.83 bits per heavy atom. The van der Waals surface area contributed by atoms with Gasteiger partial charge in [0.25, 0.3) is 5.91 Å². The van der Waals surface area contributed by atoms with Crippen molar-refractivity contribution in [2.45, 2.75) is 26.7 Å². The molecule has 214 valence electrons. The number of morpholine rings is 1. The van der Waals surface area contributed by atoms with Gasteiger partial charge in [0.05, 0.1) is 23.6 Å². The van der Waals surface area contributed by atoms with Crippen LogP contribution in [0.2, 0.25) is 0 Å². The van der Waals surface area contributed by atoms with Crippen molar-refractivity contribution < 1.29 is 14.3 Å². The SMILES string of the molecule is CC1CC(C)CN(CCC(=O)Nc2cccc(Nc3ncc4ccc5sc(C(=O)N6CCOCC6)cc5c4n3)c2)C1.